The van der Waals surface area contributed by atoms with Gasteiger partial charge in [-0.25, -0.2) is 0 Å². The first kappa shape index (κ1) is 18.6. The van der Waals surface area contributed by atoms with Gasteiger partial charge in [0.1, 0.15) is 18.2 Å². The summed E-state index contributed by atoms with van der Waals surface area (Å²) in [5, 5.41) is 10.1. The van der Waals surface area contributed by atoms with E-state index in [1.54, 1.807) is 24.3 Å². The van der Waals surface area contributed by atoms with Crippen LogP contribution in [0.2, 0.25) is 5.02 Å². The van der Waals surface area contributed by atoms with E-state index in [4.69, 9.17) is 26.8 Å². The van der Waals surface area contributed by atoms with Gasteiger partial charge in [-0.1, -0.05) is 54.1 Å². The highest BCUT2D eigenvalue weighted by molar-refractivity contribution is 6.30. The van der Waals surface area contributed by atoms with Crippen LogP contribution in [0.1, 0.15) is 24.0 Å². The normalized spacial score (nSPS) is 16.6. The van der Waals surface area contributed by atoms with Gasteiger partial charge in [0.2, 0.25) is 11.6 Å². The number of nitrogens with two attached hydrogens (primary N) is 1. The first-order chi connectivity index (χ1) is 13.0. The van der Waals surface area contributed by atoms with Crippen LogP contribution < -0.4 is 5.73 Å². The minimum Gasteiger partial charge on any atom is -0.488 e. The number of rotatable bonds is 5. The summed E-state index contributed by atoms with van der Waals surface area (Å²) in [5.74, 6) is -0.887. The van der Waals surface area contributed by atoms with Crippen molar-refractivity contribution >= 4 is 17.4 Å². The molecule has 3 rings (SSSR count). The van der Waals surface area contributed by atoms with Crippen LogP contribution in [0, 0.1) is 11.3 Å². The van der Waals surface area contributed by atoms with E-state index in [0.29, 0.717) is 10.6 Å². The molecule has 2 N–H and O–H groups in total. The van der Waals surface area contributed by atoms with Crippen LogP contribution in [0.3, 0.4) is 0 Å². The molecule has 0 saturated heterocycles. The average molecular weight is 381 g/mol. The second-order valence-electron chi connectivity index (χ2n) is 6.00. The molecule has 2 aromatic rings. The van der Waals surface area contributed by atoms with Gasteiger partial charge in [0, 0.05) is 11.9 Å². The van der Waals surface area contributed by atoms with Crippen molar-refractivity contribution in [3.8, 4) is 6.07 Å². The Morgan fingerprint density at radius 2 is 2.00 bits per heavy atom. The van der Waals surface area contributed by atoms with Gasteiger partial charge in [0.15, 0.2) is 11.5 Å². The van der Waals surface area contributed by atoms with Crippen molar-refractivity contribution in [2.45, 2.75) is 19.4 Å². The van der Waals surface area contributed by atoms with Gasteiger partial charge in [-0.2, -0.15) is 5.26 Å². The van der Waals surface area contributed by atoms with Crippen LogP contribution in [0.15, 0.2) is 77.6 Å². The Balaban J connectivity index is 2.08. The van der Waals surface area contributed by atoms with Gasteiger partial charge in [-0.15, -0.1) is 0 Å². The lowest BCUT2D eigenvalue weighted by atomic mass is 9.87. The Bertz CT molecular complexity index is 974. The molecule has 1 aliphatic heterocycles. The zero-order valence-electron chi connectivity index (χ0n) is 14.6. The summed E-state index contributed by atoms with van der Waals surface area (Å²) in [6.07, 6.45) is 0. The van der Waals surface area contributed by atoms with E-state index in [0.717, 1.165) is 5.56 Å². The smallest absolute Gasteiger partial charge is 0.210 e. The molecule has 1 atom stereocenters. The molecule has 2 aromatic carbocycles. The summed E-state index contributed by atoms with van der Waals surface area (Å²) in [4.78, 5) is 12.2. The Labute approximate surface area is 162 Å². The number of halogens is 1. The molecule has 1 unspecified atom stereocenters. The molecule has 136 valence electrons. The predicted octanol–water partition coefficient (Wildman–Crippen LogP) is 4.17. The van der Waals surface area contributed by atoms with Crippen molar-refractivity contribution in [1.29, 1.82) is 5.26 Å². The zero-order chi connectivity index (χ0) is 19.4. The minimum atomic E-state index is -0.676. The number of nitrogens with zero attached hydrogens (tertiary/aromatic N) is 1. The van der Waals surface area contributed by atoms with Gasteiger partial charge in [0.05, 0.1) is 5.92 Å². The third-order valence-corrected chi connectivity index (χ3v) is 4.35. The number of ketones is 1. The van der Waals surface area contributed by atoms with Crippen LogP contribution in [0.25, 0.3) is 0 Å². The lowest BCUT2D eigenvalue weighted by Crippen LogP contribution is -2.25. The molecule has 6 heteroatoms. The van der Waals surface area contributed by atoms with Gasteiger partial charge in [-0.05, 0) is 23.3 Å². The van der Waals surface area contributed by atoms with E-state index >= 15 is 0 Å². The van der Waals surface area contributed by atoms with Crippen molar-refractivity contribution in [2.24, 2.45) is 5.73 Å². The number of nitriles is 1. The lowest BCUT2D eigenvalue weighted by molar-refractivity contribution is -0.117. The molecule has 0 amide bonds. The fourth-order valence-electron chi connectivity index (χ4n) is 2.87. The number of carbonyl (C=O) groups is 1. The highest BCUT2D eigenvalue weighted by atomic mass is 35.5. The topological polar surface area (TPSA) is 85.3 Å². The van der Waals surface area contributed by atoms with Crippen molar-refractivity contribution in [1.82, 2.24) is 0 Å². The molecule has 0 aromatic heterocycles. The van der Waals surface area contributed by atoms with Crippen LogP contribution in [0.4, 0.5) is 0 Å². The van der Waals surface area contributed by atoms with Gasteiger partial charge >= 0.3 is 0 Å². The van der Waals surface area contributed by atoms with E-state index in [-0.39, 0.29) is 35.4 Å². The standard InChI is InChI=1S/C21H17ClN2O3/c1-13(25)19-20(26-12-14-6-3-2-4-7-14)18(17(11-23)21(24)27-19)15-8-5-9-16(22)10-15/h2-10,18H,12,24H2,1H3. The third kappa shape index (κ3) is 3.97. The molecule has 0 saturated carbocycles. The van der Waals surface area contributed by atoms with Gasteiger partial charge in [0.25, 0.3) is 0 Å². The summed E-state index contributed by atoms with van der Waals surface area (Å²) in [5.41, 5.74) is 7.69. The molecule has 5 nitrogen and oxygen atoms in total. The third-order valence-electron chi connectivity index (χ3n) is 4.11. The van der Waals surface area contributed by atoms with E-state index in [2.05, 4.69) is 6.07 Å². The van der Waals surface area contributed by atoms with Crippen molar-refractivity contribution in [3.05, 3.63) is 93.7 Å². The van der Waals surface area contributed by atoms with Gasteiger partial charge < -0.3 is 15.2 Å². The highest BCUT2D eigenvalue weighted by Gasteiger charge is 2.36. The molecule has 1 aliphatic rings. The maximum absolute atomic E-state index is 12.2. The molecule has 27 heavy (non-hydrogen) atoms. The number of hydrogen-bond donors (Lipinski definition) is 1. The maximum atomic E-state index is 12.2. The van der Waals surface area contributed by atoms with Crippen molar-refractivity contribution < 1.29 is 14.3 Å². The Kier molecular flexibility index (Phi) is 5.49. The quantitative estimate of drug-likeness (QED) is 0.841. The van der Waals surface area contributed by atoms with E-state index in [1.807, 2.05) is 30.3 Å². The number of ether oxygens (including phenoxy) is 2. The summed E-state index contributed by atoms with van der Waals surface area (Å²) >= 11 is 6.13. The van der Waals surface area contributed by atoms with Crippen LogP contribution in [-0.4, -0.2) is 5.78 Å². The molecular formula is C21H17ClN2O3. The number of Topliss-reactive ketones (excluding diaryl/α,β-unsaturated/α-hetero) is 1. The highest BCUT2D eigenvalue weighted by Crippen LogP contribution is 2.40. The number of allylic oxidation sites excluding steroid dienone is 2. The van der Waals surface area contributed by atoms with Crippen molar-refractivity contribution in [2.75, 3.05) is 0 Å². The van der Waals surface area contributed by atoms with Gasteiger partial charge in [-0.3, -0.25) is 4.79 Å². The maximum Gasteiger partial charge on any atom is 0.210 e. The second kappa shape index (κ2) is 7.98. The molecule has 0 radical (unpaired) electrons. The summed E-state index contributed by atoms with van der Waals surface area (Å²) in [6.45, 7) is 1.58. The van der Waals surface area contributed by atoms with E-state index in [1.165, 1.54) is 6.92 Å². The molecule has 0 aliphatic carbocycles. The predicted molar refractivity (Wildman–Crippen MR) is 101 cm³/mol. The second-order valence-corrected chi connectivity index (χ2v) is 6.44. The summed E-state index contributed by atoms with van der Waals surface area (Å²) in [7, 11) is 0. The largest absolute Gasteiger partial charge is 0.488 e. The van der Waals surface area contributed by atoms with Crippen LogP contribution >= 0.6 is 11.6 Å². The molecule has 0 fully saturated rings. The van der Waals surface area contributed by atoms with Crippen LogP contribution in [-0.2, 0) is 20.9 Å². The van der Waals surface area contributed by atoms with Crippen molar-refractivity contribution in [3.63, 3.8) is 0 Å². The average Bonchev–Trinajstić information content (AvgIpc) is 2.66. The van der Waals surface area contributed by atoms with E-state index in [9.17, 15) is 10.1 Å². The zero-order valence-corrected chi connectivity index (χ0v) is 15.4. The summed E-state index contributed by atoms with van der Waals surface area (Å²) in [6, 6.07) is 18.6. The lowest BCUT2D eigenvalue weighted by Gasteiger charge is -2.28. The minimum absolute atomic E-state index is 0.00703. The Morgan fingerprint density at radius 3 is 2.63 bits per heavy atom. The number of carbonyl (C=O) groups excluding carboxylic acids is 1. The Morgan fingerprint density at radius 1 is 1.26 bits per heavy atom. The Hall–Kier alpha value is -3.23. The summed E-state index contributed by atoms with van der Waals surface area (Å²) < 4.78 is 11.4. The SMILES string of the molecule is CC(=O)C1=C(OCc2ccccc2)C(c2cccc(Cl)c2)C(C#N)=C(N)O1. The molecule has 1 heterocycles. The van der Waals surface area contributed by atoms with Crippen LogP contribution in [0.5, 0.6) is 0 Å². The fraction of sp³-hybridized carbons (Fsp3) is 0.143. The number of benzene rings is 2. The molecular weight excluding hydrogens is 364 g/mol. The monoisotopic (exact) mass is 380 g/mol. The first-order valence-corrected chi connectivity index (χ1v) is 8.64. The first-order valence-electron chi connectivity index (χ1n) is 8.26. The molecule has 0 bridgehead atoms. The molecule has 0 spiro atoms. The number of hydrogen-bond acceptors (Lipinski definition) is 5. The van der Waals surface area contributed by atoms with E-state index < -0.39 is 5.92 Å². The fourth-order valence-corrected chi connectivity index (χ4v) is 3.07.